The van der Waals surface area contributed by atoms with Crippen molar-refractivity contribution in [3.63, 3.8) is 0 Å². The summed E-state index contributed by atoms with van der Waals surface area (Å²) in [5, 5.41) is 7.63. The summed E-state index contributed by atoms with van der Waals surface area (Å²) in [6.07, 6.45) is 9.40. The van der Waals surface area contributed by atoms with E-state index in [9.17, 15) is 8.42 Å². The predicted octanol–water partition coefficient (Wildman–Crippen LogP) is 6.69. The first-order chi connectivity index (χ1) is 20.4. The molecule has 0 amide bonds. The molecule has 9 nitrogen and oxygen atoms in total. The van der Waals surface area contributed by atoms with E-state index in [1.165, 1.54) is 18.1 Å². The molecule has 2 heterocycles. The Morgan fingerprint density at radius 1 is 0.833 bits per heavy atom. The van der Waals surface area contributed by atoms with Gasteiger partial charge in [0.2, 0.25) is 0 Å². The molecule has 0 bridgehead atoms. The third-order valence-corrected chi connectivity index (χ3v) is 10.9. The van der Waals surface area contributed by atoms with Crippen LogP contribution in [0.1, 0.15) is 68.9 Å². The first kappa shape index (κ1) is 27.1. The topological polar surface area (TPSA) is 110 Å². The molecule has 0 N–H and O–H groups in total. The number of fused-ring (bicyclic) bond motifs is 5. The third kappa shape index (κ3) is 4.13. The first-order valence-electron chi connectivity index (χ1n) is 14.6. The van der Waals surface area contributed by atoms with Crippen molar-refractivity contribution in [2.24, 2.45) is 5.92 Å². The number of hydrogen-bond donors (Lipinski definition) is 0. The fraction of sp³-hybridized carbons (Fsp3) is 0.438. The molecule has 42 heavy (non-hydrogen) atoms. The summed E-state index contributed by atoms with van der Waals surface area (Å²) in [4.78, 5) is -0.115. The zero-order valence-corrected chi connectivity index (χ0v) is 24.6. The van der Waals surface area contributed by atoms with Crippen molar-refractivity contribution in [2.45, 2.75) is 73.7 Å². The molecule has 2 aliphatic carbocycles. The van der Waals surface area contributed by atoms with Gasteiger partial charge in [0.15, 0.2) is 11.3 Å². The molecule has 2 saturated carbocycles. The zero-order chi connectivity index (χ0) is 29.0. The van der Waals surface area contributed by atoms with Gasteiger partial charge in [0.1, 0.15) is 33.3 Å². The van der Waals surface area contributed by atoms with Gasteiger partial charge in [-0.1, -0.05) is 37.8 Å². The summed E-state index contributed by atoms with van der Waals surface area (Å²) in [6, 6.07) is 16.3. The minimum Gasteiger partial charge on any atom is -0.497 e. The highest BCUT2D eigenvalue weighted by molar-refractivity contribution is 7.87. The Balaban J connectivity index is 1.42. The molecular formula is C32H34N2O7S. The molecule has 3 aromatic carbocycles. The van der Waals surface area contributed by atoms with Gasteiger partial charge in [-0.25, -0.2) is 4.63 Å². The minimum absolute atomic E-state index is 0.0907. The largest absolute Gasteiger partial charge is 0.497 e. The minimum atomic E-state index is -4.34. The van der Waals surface area contributed by atoms with Crippen LogP contribution < -0.4 is 18.4 Å². The van der Waals surface area contributed by atoms with Crippen LogP contribution in [-0.4, -0.2) is 33.0 Å². The highest BCUT2D eigenvalue weighted by atomic mass is 32.2. The van der Waals surface area contributed by atoms with E-state index >= 15 is 0 Å². The van der Waals surface area contributed by atoms with Gasteiger partial charge in [0.25, 0.3) is 0 Å². The van der Waals surface area contributed by atoms with E-state index in [2.05, 4.69) is 16.4 Å². The second-order valence-electron chi connectivity index (χ2n) is 11.7. The second-order valence-corrected chi connectivity index (χ2v) is 13.2. The number of benzene rings is 3. The van der Waals surface area contributed by atoms with Crippen LogP contribution in [0.3, 0.4) is 0 Å². The van der Waals surface area contributed by atoms with Crippen molar-refractivity contribution in [3.8, 4) is 23.0 Å². The molecule has 0 saturated heterocycles. The first-order valence-corrected chi connectivity index (χ1v) is 16.0. The van der Waals surface area contributed by atoms with Gasteiger partial charge in [0, 0.05) is 34.6 Å². The van der Waals surface area contributed by atoms with Crippen LogP contribution in [-0.2, 0) is 21.1 Å². The van der Waals surface area contributed by atoms with Crippen molar-refractivity contribution in [1.29, 1.82) is 0 Å². The maximum Gasteiger partial charge on any atom is 0.341 e. The van der Waals surface area contributed by atoms with E-state index in [0.717, 1.165) is 62.9 Å². The fourth-order valence-electron chi connectivity index (χ4n) is 7.87. The number of rotatable bonds is 6. The Bertz CT molecular complexity index is 1740. The lowest BCUT2D eigenvalue weighted by Gasteiger charge is -2.58. The van der Waals surface area contributed by atoms with Gasteiger partial charge in [-0.05, 0) is 72.7 Å². The maximum absolute atomic E-state index is 13.9. The summed E-state index contributed by atoms with van der Waals surface area (Å²) < 4.78 is 56.8. The van der Waals surface area contributed by atoms with Gasteiger partial charge in [-0.2, -0.15) is 8.42 Å². The summed E-state index contributed by atoms with van der Waals surface area (Å²) in [5.41, 5.74) is 1.50. The average molecular weight is 591 g/mol. The normalized spacial score (nSPS) is 23.0. The Morgan fingerprint density at radius 3 is 2.36 bits per heavy atom. The molecule has 2 unspecified atom stereocenters. The molecule has 1 spiro atoms. The predicted molar refractivity (Wildman–Crippen MR) is 155 cm³/mol. The highest BCUT2D eigenvalue weighted by Gasteiger charge is 2.60. The third-order valence-electron chi connectivity index (χ3n) is 9.65. The highest BCUT2D eigenvalue weighted by Crippen LogP contribution is 2.64. The number of ether oxygens (including phenoxy) is 3. The number of nitrogens with zero attached hydrogens (tertiary/aromatic N) is 2. The van der Waals surface area contributed by atoms with E-state index in [1.54, 1.807) is 32.4 Å². The second kappa shape index (κ2) is 10.2. The maximum atomic E-state index is 13.9. The van der Waals surface area contributed by atoms with Gasteiger partial charge in [-0.3, -0.25) is 0 Å². The van der Waals surface area contributed by atoms with Crippen molar-refractivity contribution >= 4 is 21.2 Å². The SMILES string of the molecule is COc1ccc2c(c1)OC1(c3ccc(OC)cc3OS(=O)(=O)c3cccc4nonc34)CCCCC1C21CCCCC1. The van der Waals surface area contributed by atoms with Gasteiger partial charge in [0.05, 0.1) is 14.2 Å². The monoisotopic (exact) mass is 590 g/mol. The van der Waals surface area contributed by atoms with Gasteiger partial charge in [-0.15, -0.1) is 0 Å². The quantitative estimate of drug-likeness (QED) is 0.227. The van der Waals surface area contributed by atoms with E-state index in [-0.39, 0.29) is 27.5 Å². The molecular weight excluding hydrogens is 556 g/mol. The van der Waals surface area contributed by atoms with Crippen LogP contribution in [0.2, 0.25) is 0 Å². The molecule has 4 aromatic rings. The van der Waals surface area contributed by atoms with Crippen LogP contribution in [0.25, 0.3) is 11.0 Å². The number of hydrogen-bond acceptors (Lipinski definition) is 9. The lowest BCUT2D eigenvalue weighted by Crippen LogP contribution is -2.57. The van der Waals surface area contributed by atoms with Gasteiger partial charge >= 0.3 is 10.1 Å². The Labute approximate surface area is 245 Å². The molecule has 3 aliphatic rings. The molecule has 10 heteroatoms. The summed E-state index contributed by atoms with van der Waals surface area (Å²) in [5.74, 6) is 2.34. The van der Waals surface area contributed by atoms with Crippen molar-refractivity contribution in [3.05, 3.63) is 65.7 Å². The summed E-state index contributed by atoms with van der Waals surface area (Å²) in [7, 11) is -1.13. The van der Waals surface area contributed by atoms with Crippen molar-refractivity contribution in [1.82, 2.24) is 10.3 Å². The lowest BCUT2D eigenvalue weighted by atomic mass is 9.51. The van der Waals surface area contributed by atoms with E-state index in [4.69, 9.17) is 23.0 Å². The Morgan fingerprint density at radius 2 is 1.57 bits per heavy atom. The van der Waals surface area contributed by atoms with E-state index in [0.29, 0.717) is 16.8 Å². The van der Waals surface area contributed by atoms with Crippen molar-refractivity contribution in [2.75, 3.05) is 14.2 Å². The van der Waals surface area contributed by atoms with E-state index in [1.807, 2.05) is 24.3 Å². The van der Waals surface area contributed by atoms with E-state index < -0.39 is 15.7 Å². The molecule has 0 radical (unpaired) electrons. The standard InChI is InChI=1S/C32H34N2O7S/c1-37-21-12-14-23-26(19-21)39-32(18-7-4-11-29(32)31(23)16-5-3-6-17-31)24-15-13-22(38-2)20-27(24)40-42(35,36)28-10-8-9-25-30(28)34-41-33-25/h8-10,12-15,19-20,29H,3-7,11,16-18H2,1-2H3. The number of methoxy groups -OCH3 is 2. The molecule has 2 atom stereocenters. The smallest absolute Gasteiger partial charge is 0.341 e. The van der Waals surface area contributed by atoms with Gasteiger partial charge < -0.3 is 18.4 Å². The lowest BCUT2D eigenvalue weighted by molar-refractivity contribution is -0.0956. The molecule has 2 fully saturated rings. The zero-order valence-electron chi connectivity index (χ0n) is 23.8. The fourth-order valence-corrected chi connectivity index (χ4v) is 8.96. The van der Waals surface area contributed by atoms with Crippen LogP contribution in [0.5, 0.6) is 23.0 Å². The Kier molecular flexibility index (Phi) is 6.56. The summed E-state index contributed by atoms with van der Waals surface area (Å²) >= 11 is 0. The average Bonchev–Trinajstić information content (AvgIpc) is 3.50. The van der Waals surface area contributed by atoms with Crippen LogP contribution in [0.4, 0.5) is 0 Å². The van der Waals surface area contributed by atoms with Crippen molar-refractivity contribution < 1.29 is 31.4 Å². The van der Waals surface area contributed by atoms with Crippen LogP contribution in [0.15, 0.2) is 64.1 Å². The molecule has 1 aliphatic heterocycles. The molecule has 1 aromatic heterocycles. The van der Waals surface area contributed by atoms with Crippen LogP contribution >= 0.6 is 0 Å². The Hall–Kier alpha value is -3.79. The molecule has 220 valence electrons. The molecule has 7 rings (SSSR count). The number of aromatic nitrogens is 2. The summed E-state index contributed by atoms with van der Waals surface area (Å²) in [6.45, 7) is 0. The van der Waals surface area contributed by atoms with Crippen LogP contribution in [0, 0.1) is 5.92 Å².